The van der Waals surface area contributed by atoms with Gasteiger partial charge in [-0.15, -0.1) is 0 Å². The lowest BCUT2D eigenvalue weighted by Crippen LogP contribution is -2.39. The Morgan fingerprint density at radius 1 is 1.42 bits per heavy atom. The van der Waals surface area contributed by atoms with Crippen LogP contribution in [-0.2, 0) is 16.8 Å². The number of hydrogen-bond acceptors (Lipinski definition) is 4. The van der Waals surface area contributed by atoms with E-state index in [1.807, 2.05) is 13.0 Å². The van der Waals surface area contributed by atoms with Gasteiger partial charge in [0.1, 0.15) is 0 Å². The van der Waals surface area contributed by atoms with Crippen LogP contribution in [0.5, 0.6) is 0 Å². The van der Waals surface area contributed by atoms with Crippen molar-refractivity contribution in [2.75, 3.05) is 26.7 Å². The summed E-state index contributed by atoms with van der Waals surface area (Å²) in [4.78, 5) is 3.94. The fraction of sp³-hybridized carbons (Fsp3) is 0.583. The highest BCUT2D eigenvalue weighted by Crippen LogP contribution is 2.00. The molecule has 19 heavy (non-hydrogen) atoms. The van der Waals surface area contributed by atoms with Gasteiger partial charge in [-0.25, -0.2) is 0 Å². The first kappa shape index (κ1) is 16.0. The fourth-order valence-electron chi connectivity index (χ4n) is 1.51. The Labute approximate surface area is 115 Å². The topological polar surface area (TPSA) is 74.3 Å². The molecular weight excluding hydrogens is 264 g/mol. The lowest BCUT2D eigenvalue weighted by Gasteiger charge is -2.17. The zero-order chi connectivity index (χ0) is 14.1. The second-order valence-electron chi connectivity index (χ2n) is 4.22. The Bertz CT molecular complexity index is 450. The molecule has 0 amide bonds. The van der Waals surface area contributed by atoms with Crippen LogP contribution in [-0.4, -0.2) is 44.4 Å². The molecule has 6 nitrogen and oxygen atoms in total. The van der Waals surface area contributed by atoms with Gasteiger partial charge in [-0.2, -0.15) is 17.4 Å². The summed E-state index contributed by atoms with van der Waals surface area (Å²) >= 11 is 0. The van der Waals surface area contributed by atoms with Crippen molar-refractivity contribution >= 4 is 10.2 Å². The summed E-state index contributed by atoms with van der Waals surface area (Å²) in [7, 11) is -1.84. The van der Waals surface area contributed by atoms with E-state index >= 15 is 0 Å². The highest BCUT2D eigenvalue weighted by Gasteiger charge is 2.16. The molecule has 0 bridgehead atoms. The summed E-state index contributed by atoms with van der Waals surface area (Å²) in [6, 6.07) is 3.62. The molecule has 108 valence electrons. The van der Waals surface area contributed by atoms with Crippen LogP contribution in [0.4, 0.5) is 0 Å². The minimum atomic E-state index is -3.42. The van der Waals surface area contributed by atoms with Gasteiger partial charge in [-0.05, 0) is 31.1 Å². The molecule has 0 spiro atoms. The van der Waals surface area contributed by atoms with Crippen molar-refractivity contribution in [1.29, 1.82) is 0 Å². The number of pyridine rings is 1. The molecule has 0 aliphatic rings. The van der Waals surface area contributed by atoms with Crippen molar-refractivity contribution in [3.05, 3.63) is 30.1 Å². The van der Waals surface area contributed by atoms with E-state index in [2.05, 4.69) is 15.0 Å². The second kappa shape index (κ2) is 8.21. The summed E-state index contributed by atoms with van der Waals surface area (Å²) in [5.41, 5.74) is 0.840. The zero-order valence-corrected chi connectivity index (χ0v) is 12.3. The molecule has 7 heteroatoms. The molecule has 0 unspecified atom stereocenters. The standard InChI is InChI=1S/C12H22N4O2S/c1-3-13-8-5-9-16(2)19(17,18)15-11-12-6-4-7-14-10-12/h4,6-7,10,13,15H,3,5,8-9,11H2,1-2H3. The van der Waals surface area contributed by atoms with E-state index in [1.165, 1.54) is 4.31 Å². The minimum absolute atomic E-state index is 0.258. The Balaban J connectivity index is 2.38. The third kappa shape index (κ3) is 6.11. The maximum absolute atomic E-state index is 11.9. The number of aromatic nitrogens is 1. The lowest BCUT2D eigenvalue weighted by atomic mass is 10.3. The normalized spacial score (nSPS) is 11.9. The molecule has 1 heterocycles. The van der Waals surface area contributed by atoms with Crippen LogP contribution in [0.25, 0.3) is 0 Å². The molecule has 0 aliphatic heterocycles. The monoisotopic (exact) mass is 286 g/mol. The zero-order valence-electron chi connectivity index (χ0n) is 11.5. The first-order valence-electron chi connectivity index (χ1n) is 6.37. The largest absolute Gasteiger partial charge is 0.317 e. The SMILES string of the molecule is CCNCCCN(C)S(=O)(=O)NCc1cccnc1. The van der Waals surface area contributed by atoms with Crippen LogP contribution in [0.3, 0.4) is 0 Å². The van der Waals surface area contributed by atoms with Crippen LogP contribution in [0.15, 0.2) is 24.5 Å². The molecule has 0 saturated carbocycles. The average molecular weight is 286 g/mol. The van der Waals surface area contributed by atoms with Crippen LogP contribution < -0.4 is 10.0 Å². The predicted octanol–water partition coefficient (Wildman–Crippen LogP) is 0.347. The molecule has 1 rings (SSSR count). The van der Waals surface area contributed by atoms with Crippen LogP contribution in [0.1, 0.15) is 18.9 Å². The highest BCUT2D eigenvalue weighted by molar-refractivity contribution is 7.87. The first-order valence-corrected chi connectivity index (χ1v) is 7.81. The van der Waals surface area contributed by atoms with E-state index in [1.54, 1.807) is 25.5 Å². The molecular formula is C12H22N4O2S. The van der Waals surface area contributed by atoms with E-state index in [4.69, 9.17) is 0 Å². The van der Waals surface area contributed by atoms with E-state index in [0.717, 1.165) is 25.1 Å². The molecule has 0 aliphatic carbocycles. The number of nitrogens with one attached hydrogen (secondary N) is 2. The molecule has 2 N–H and O–H groups in total. The number of nitrogens with zero attached hydrogens (tertiary/aromatic N) is 2. The third-order valence-corrected chi connectivity index (χ3v) is 4.18. The van der Waals surface area contributed by atoms with E-state index in [-0.39, 0.29) is 6.54 Å². The lowest BCUT2D eigenvalue weighted by molar-refractivity contribution is 0.445. The average Bonchev–Trinajstić information content (AvgIpc) is 2.42. The van der Waals surface area contributed by atoms with Crippen molar-refractivity contribution in [2.45, 2.75) is 19.9 Å². The van der Waals surface area contributed by atoms with Gasteiger partial charge >= 0.3 is 0 Å². The maximum Gasteiger partial charge on any atom is 0.279 e. The molecule has 0 saturated heterocycles. The van der Waals surface area contributed by atoms with Crippen molar-refractivity contribution in [2.24, 2.45) is 0 Å². The Kier molecular flexibility index (Phi) is 6.93. The number of hydrogen-bond donors (Lipinski definition) is 2. The van der Waals surface area contributed by atoms with Crippen molar-refractivity contribution in [3.63, 3.8) is 0 Å². The van der Waals surface area contributed by atoms with Gasteiger partial charge in [-0.3, -0.25) is 4.98 Å². The summed E-state index contributed by atoms with van der Waals surface area (Å²) in [5.74, 6) is 0. The first-order chi connectivity index (χ1) is 9.06. The van der Waals surface area contributed by atoms with Crippen molar-refractivity contribution in [1.82, 2.24) is 19.3 Å². The summed E-state index contributed by atoms with van der Waals surface area (Å²) in [6.07, 6.45) is 4.09. The van der Waals surface area contributed by atoms with Gasteiger partial charge in [0.05, 0.1) is 0 Å². The van der Waals surface area contributed by atoms with E-state index in [0.29, 0.717) is 6.54 Å². The molecule has 0 radical (unpaired) electrons. The Morgan fingerprint density at radius 2 is 2.21 bits per heavy atom. The quantitative estimate of drug-likeness (QED) is 0.642. The van der Waals surface area contributed by atoms with Crippen LogP contribution in [0, 0.1) is 0 Å². The minimum Gasteiger partial charge on any atom is -0.317 e. The van der Waals surface area contributed by atoms with Crippen molar-refractivity contribution in [3.8, 4) is 0 Å². The summed E-state index contributed by atoms with van der Waals surface area (Å²) in [5, 5.41) is 3.16. The molecule has 0 fully saturated rings. The summed E-state index contributed by atoms with van der Waals surface area (Å²) < 4.78 is 27.8. The van der Waals surface area contributed by atoms with Gasteiger partial charge in [0.15, 0.2) is 0 Å². The number of rotatable bonds is 9. The highest BCUT2D eigenvalue weighted by atomic mass is 32.2. The smallest absolute Gasteiger partial charge is 0.279 e. The predicted molar refractivity (Wildman–Crippen MR) is 75.8 cm³/mol. The Hall–Kier alpha value is -1.02. The van der Waals surface area contributed by atoms with Gasteiger partial charge in [0.2, 0.25) is 0 Å². The second-order valence-corrected chi connectivity index (χ2v) is 6.08. The van der Waals surface area contributed by atoms with Crippen LogP contribution in [0.2, 0.25) is 0 Å². The third-order valence-electron chi connectivity index (χ3n) is 2.67. The van der Waals surface area contributed by atoms with Gasteiger partial charge in [-0.1, -0.05) is 13.0 Å². The maximum atomic E-state index is 11.9. The molecule has 1 aromatic rings. The fourth-order valence-corrected chi connectivity index (χ4v) is 2.45. The Morgan fingerprint density at radius 3 is 2.84 bits per heavy atom. The van der Waals surface area contributed by atoms with Gasteiger partial charge < -0.3 is 5.32 Å². The van der Waals surface area contributed by atoms with Crippen LogP contribution >= 0.6 is 0 Å². The molecule has 0 atom stereocenters. The van der Waals surface area contributed by atoms with Gasteiger partial charge in [0, 0.05) is 32.5 Å². The van der Waals surface area contributed by atoms with Gasteiger partial charge in [0.25, 0.3) is 10.2 Å². The molecule has 0 aromatic carbocycles. The summed E-state index contributed by atoms with van der Waals surface area (Å²) in [6.45, 7) is 4.49. The van der Waals surface area contributed by atoms with E-state index in [9.17, 15) is 8.42 Å². The van der Waals surface area contributed by atoms with E-state index < -0.39 is 10.2 Å². The van der Waals surface area contributed by atoms with Crippen molar-refractivity contribution < 1.29 is 8.42 Å². The molecule has 1 aromatic heterocycles.